The lowest BCUT2D eigenvalue weighted by Gasteiger charge is -2.07. The van der Waals surface area contributed by atoms with Crippen LogP contribution in [0, 0.1) is 35.5 Å². The second-order valence-electron chi connectivity index (χ2n) is 2.09. The van der Waals surface area contributed by atoms with E-state index in [1.165, 1.54) is 0 Å². The van der Waals surface area contributed by atoms with Crippen LogP contribution in [0.5, 0.6) is 0 Å². The van der Waals surface area contributed by atoms with E-state index < -0.39 is 18.8 Å². The molecule has 0 aromatic heterocycles. The van der Waals surface area contributed by atoms with Crippen LogP contribution < -0.4 is 0 Å². The monoisotopic (exact) mass is 178 g/mol. The molecular weight excluding hydrogens is 168 g/mol. The SMILES string of the molecule is CC#CC#CC#CC(O)C(O)CO. The molecule has 0 aromatic rings. The van der Waals surface area contributed by atoms with Gasteiger partial charge in [-0.1, -0.05) is 11.8 Å². The molecule has 0 fully saturated rings. The van der Waals surface area contributed by atoms with Gasteiger partial charge in [0.05, 0.1) is 6.61 Å². The minimum atomic E-state index is -1.27. The first-order valence-corrected chi connectivity index (χ1v) is 3.61. The van der Waals surface area contributed by atoms with Gasteiger partial charge in [-0.2, -0.15) is 0 Å². The van der Waals surface area contributed by atoms with Crippen molar-refractivity contribution in [2.75, 3.05) is 6.61 Å². The Morgan fingerprint density at radius 2 is 1.69 bits per heavy atom. The molecule has 0 heterocycles. The van der Waals surface area contributed by atoms with E-state index in [4.69, 9.17) is 15.3 Å². The molecule has 13 heavy (non-hydrogen) atoms. The van der Waals surface area contributed by atoms with E-state index in [-0.39, 0.29) is 0 Å². The highest BCUT2D eigenvalue weighted by Crippen LogP contribution is 1.88. The summed E-state index contributed by atoms with van der Waals surface area (Å²) < 4.78 is 0. The fourth-order valence-corrected chi connectivity index (χ4v) is 0.431. The molecule has 0 rings (SSSR count). The zero-order valence-corrected chi connectivity index (χ0v) is 7.20. The number of hydrogen-bond donors (Lipinski definition) is 3. The van der Waals surface area contributed by atoms with Gasteiger partial charge in [0.25, 0.3) is 0 Å². The molecule has 0 aromatic carbocycles. The van der Waals surface area contributed by atoms with Crippen LogP contribution in [0.3, 0.4) is 0 Å². The minimum absolute atomic E-state index is 0.530. The van der Waals surface area contributed by atoms with E-state index in [1.807, 2.05) is 0 Å². The number of aliphatic hydroxyl groups excluding tert-OH is 3. The van der Waals surface area contributed by atoms with Crippen LogP contribution >= 0.6 is 0 Å². The quantitative estimate of drug-likeness (QED) is 0.462. The molecule has 0 saturated carbocycles. The molecule has 2 unspecified atom stereocenters. The molecule has 0 bridgehead atoms. The van der Waals surface area contributed by atoms with Gasteiger partial charge in [0, 0.05) is 0 Å². The molecule has 0 aliphatic carbocycles. The van der Waals surface area contributed by atoms with E-state index in [2.05, 4.69) is 35.5 Å². The summed E-state index contributed by atoms with van der Waals surface area (Å²) in [6.45, 7) is 1.12. The number of hydrogen-bond acceptors (Lipinski definition) is 3. The molecule has 0 saturated heterocycles. The number of aliphatic hydroxyl groups is 3. The van der Waals surface area contributed by atoms with E-state index in [0.29, 0.717) is 0 Å². The van der Waals surface area contributed by atoms with Gasteiger partial charge in [-0.3, -0.25) is 0 Å². The largest absolute Gasteiger partial charge is 0.394 e. The summed E-state index contributed by atoms with van der Waals surface area (Å²) in [5, 5.41) is 26.2. The Morgan fingerprint density at radius 1 is 1.08 bits per heavy atom. The van der Waals surface area contributed by atoms with Crippen LogP contribution in [-0.4, -0.2) is 34.1 Å². The van der Waals surface area contributed by atoms with Crippen molar-refractivity contribution in [3.05, 3.63) is 0 Å². The second-order valence-corrected chi connectivity index (χ2v) is 2.09. The first kappa shape index (κ1) is 11.6. The predicted molar refractivity (Wildman–Crippen MR) is 48.1 cm³/mol. The zero-order chi connectivity index (χ0) is 10.1. The standard InChI is InChI=1S/C10H10O3/c1-2-3-4-5-6-7-9(12)10(13)8-11/h9-13H,8H2,1H3. The highest BCUT2D eigenvalue weighted by molar-refractivity contribution is 5.35. The highest BCUT2D eigenvalue weighted by Gasteiger charge is 2.10. The lowest BCUT2D eigenvalue weighted by molar-refractivity contribution is 0.0139. The van der Waals surface area contributed by atoms with Gasteiger partial charge in [0.15, 0.2) is 0 Å². The minimum Gasteiger partial charge on any atom is -0.394 e. The zero-order valence-electron chi connectivity index (χ0n) is 7.20. The molecule has 0 amide bonds. The molecular formula is C10H10O3. The fraction of sp³-hybridized carbons (Fsp3) is 0.400. The molecule has 3 nitrogen and oxygen atoms in total. The average Bonchev–Trinajstić information content (AvgIpc) is 2.16. The summed E-state index contributed by atoms with van der Waals surface area (Å²) in [5.41, 5.74) is 0. The van der Waals surface area contributed by atoms with Crippen LogP contribution in [0.15, 0.2) is 0 Å². The lowest BCUT2D eigenvalue weighted by atomic mass is 10.2. The Bertz CT molecular complexity index is 313. The summed E-state index contributed by atoms with van der Waals surface area (Å²) in [7, 11) is 0. The number of rotatable bonds is 2. The first-order valence-electron chi connectivity index (χ1n) is 3.61. The van der Waals surface area contributed by atoms with Crippen LogP contribution in [0.1, 0.15) is 6.92 Å². The summed E-state index contributed by atoms with van der Waals surface area (Å²) >= 11 is 0. The van der Waals surface area contributed by atoms with Gasteiger partial charge in [-0.25, -0.2) is 0 Å². The van der Waals surface area contributed by atoms with E-state index in [1.54, 1.807) is 6.92 Å². The molecule has 0 aliphatic rings. The van der Waals surface area contributed by atoms with Crippen LogP contribution in [-0.2, 0) is 0 Å². The lowest BCUT2D eigenvalue weighted by Crippen LogP contribution is -2.27. The summed E-state index contributed by atoms with van der Waals surface area (Å²) in [5.74, 6) is 14.3. The fourth-order valence-electron chi connectivity index (χ4n) is 0.431. The maximum absolute atomic E-state index is 8.99. The van der Waals surface area contributed by atoms with Gasteiger partial charge in [0.1, 0.15) is 12.2 Å². The smallest absolute Gasteiger partial charge is 0.143 e. The van der Waals surface area contributed by atoms with E-state index in [0.717, 1.165) is 0 Å². The molecule has 0 spiro atoms. The normalized spacial score (nSPS) is 12.0. The Morgan fingerprint density at radius 3 is 2.23 bits per heavy atom. The molecule has 2 atom stereocenters. The average molecular weight is 178 g/mol. The van der Waals surface area contributed by atoms with Crippen molar-refractivity contribution in [1.82, 2.24) is 0 Å². The maximum atomic E-state index is 8.99. The van der Waals surface area contributed by atoms with Crippen LogP contribution in [0.4, 0.5) is 0 Å². The van der Waals surface area contributed by atoms with Gasteiger partial charge in [0.2, 0.25) is 0 Å². The van der Waals surface area contributed by atoms with Gasteiger partial charge >= 0.3 is 0 Å². The first-order chi connectivity index (χ1) is 6.22. The maximum Gasteiger partial charge on any atom is 0.143 e. The Kier molecular flexibility index (Phi) is 6.42. The van der Waals surface area contributed by atoms with Crippen molar-refractivity contribution in [1.29, 1.82) is 0 Å². The van der Waals surface area contributed by atoms with Gasteiger partial charge in [-0.05, 0) is 30.6 Å². The second kappa shape index (κ2) is 7.22. The van der Waals surface area contributed by atoms with Crippen molar-refractivity contribution < 1.29 is 15.3 Å². The van der Waals surface area contributed by atoms with Gasteiger partial charge < -0.3 is 15.3 Å². The Labute approximate surface area is 77.4 Å². The van der Waals surface area contributed by atoms with Crippen LogP contribution in [0.25, 0.3) is 0 Å². The highest BCUT2D eigenvalue weighted by atomic mass is 16.4. The Hall–Kier alpha value is -1.44. The van der Waals surface area contributed by atoms with Crippen molar-refractivity contribution in [2.45, 2.75) is 19.1 Å². The van der Waals surface area contributed by atoms with Crippen molar-refractivity contribution in [3.8, 4) is 35.5 Å². The van der Waals surface area contributed by atoms with E-state index in [9.17, 15) is 0 Å². The predicted octanol–water partition coefficient (Wildman–Crippen LogP) is -1.27. The molecule has 3 N–H and O–H groups in total. The summed E-state index contributed by atoms with van der Waals surface area (Å²) in [6, 6.07) is 0. The van der Waals surface area contributed by atoms with Gasteiger partial charge in [-0.15, -0.1) is 0 Å². The van der Waals surface area contributed by atoms with Crippen molar-refractivity contribution in [2.24, 2.45) is 0 Å². The third-order valence-corrected chi connectivity index (χ3v) is 1.08. The topological polar surface area (TPSA) is 60.7 Å². The van der Waals surface area contributed by atoms with E-state index >= 15 is 0 Å². The Balaban J connectivity index is 4.10. The third kappa shape index (κ3) is 5.79. The summed E-state index contributed by atoms with van der Waals surface area (Å²) in [6.07, 6.45) is -2.51. The van der Waals surface area contributed by atoms with Crippen LogP contribution in [0.2, 0.25) is 0 Å². The summed E-state index contributed by atoms with van der Waals surface area (Å²) in [4.78, 5) is 0. The molecule has 68 valence electrons. The molecule has 0 radical (unpaired) electrons. The third-order valence-electron chi connectivity index (χ3n) is 1.08. The van der Waals surface area contributed by atoms with Crippen molar-refractivity contribution in [3.63, 3.8) is 0 Å². The molecule has 0 aliphatic heterocycles. The molecule has 3 heteroatoms. The van der Waals surface area contributed by atoms with Crippen molar-refractivity contribution >= 4 is 0 Å².